The van der Waals surface area contributed by atoms with Crippen molar-refractivity contribution in [2.45, 2.75) is 52.1 Å². The van der Waals surface area contributed by atoms with Crippen molar-refractivity contribution in [2.75, 3.05) is 31.1 Å². The Morgan fingerprint density at radius 3 is 2.58 bits per heavy atom. The molecule has 6 nitrogen and oxygen atoms in total. The average molecular weight is 493 g/mol. The Bertz CT molecular complexity index is 563. The number of carbonyl (C=O) groups excluding carboxylic acids is 1. The van der Waals surface area contributed by atoms with Crippen LogP contribution in [0.4, 0.5) is 5.00 Å². The SMILES string of the molecule is CCNC(=NCC(=O)NC(C)(C)C)NC1CCN(c2cccs2)CC1.I. The van der Waals surface area contributed by atoms with Crippen LogP contribution in [0.3, 0.4) is 0 Å². The van der Waals surface area contributed by atoms with E-state index in [9.17, 15) is 4.79 Å². The molecular weight excluding hydrogens is 461 g/mol. The second-order valence-electron chi connectivity index (χ2n) is 7.35. The standard InChI is InChI=1S/C18H31N5OS.HI/c1-5-19-17(20-13-15(24)22-18(2,3)4)21-14-8-10-23(11-9-14)16-7-6-12-25-16;/h6-7,12,14H,5,8-11,13H2,1-4H3,(H,22,24)(H2,19,20,21);1H. The summed E-state index contributed by atoms with van der Waals surface area (Å²) in [7, 11) is 0. The highest BCUT2D eigenvalue weighted by atomic mass is 127. The van der Waals surface area contributed by atoms with Gasteiger partial charge in [-0.1, -0.05) is 0 Å². The lowest BCUT2D eigenvalue weighted by Crippen LogP contribution is -2.49. The fraction of sp³-hybridized carbons (Fsp3) is 0.667. The van der Waals surface area contributed by atoms with Gasteiger partial charge in [0.25, 0.3) is 0 Å². The summed E-state index contributed by atoms with van der Waals surface area (Å²) in [6.45, 7) is 11.0. The van der Waals surface area contributed by atoms with Crippen molar-refractivity contribution in [1.82, 2.24) is 16.0 Å². The summed E-state index contributed by atoms with van der Waals surface area (Å²) in [5.41, 5.74) is -0.229. The maximum absolute atomic E-state index is 12.0. The van der Waals surface area contributed by atoms with Crippen molar-refractivity contribution in [3.63, 3.8) is 0 Å². The van der Waals surface area contributed by atoms with Crippen LogP contribution in [0.1, 0.15) is 40.5 Å². The smallest absolute Gasteiger partial charge is 0.242 e. The predicted molar refractivity (Wildman–Crippen MR) is 122 cm³/mol. The Balaban J connectivity index is 0.00000338. The molecule has 0 aliphatic carbocycles. The monoisotopic (exact) mass is 493 g/mol. The number of thiophene rings is 1. The van der Waals surface area contributed by atoms with E-state index >= 15 is 0 Å². The number of piperidine rings is 1. The highest BCUT2D eigenvalue weighted by molar-refractivity contribution is 14.0. The van der Waals surface area contributed by atoms with Crippen molar-refractivity contribution < 1.29 is 4.79 Å². The molecule has 26 heavy (non-hydrogen) atoms. The van der Waals surface area contributed by atoms with Crippen LogP contribution >= 0.6 is 35.3 Å². The fourth-order valence-electron chi connectivity index (χ4n) is 2.82. The number of halogens is 1. The molecule has 8 heteroatoms. The Hall–Kier alpha value is -1.03. The number of amides is 1. The molecular formula is C18H32IN5OS. The molecule has 0 atom stereocenters. The number of rotatable bonds is 5. The molecule has 1 saturated heterocycles. The van der Waals surface area contributed by atoms with E-state index < -0.39 is 0 Å². The molecule has 0 aromatic carbocycles. The van der Waals surface area contributed by atoms with Gasteiger partial charge in [0.15, 0.2) is 5.96 Å². The highest BCUT2D eigenvalue weighted by Gasteiger charge is 2.21. The minimum Gasteiger partial charge on any atom is -0.363 e. The molecule has 0 radical (unpaired) electrons. The van der Waals surface area contributed by atoms with Crippen LogP contribution in [0.15, 0.2) is 22.5 Å². The number of hydrogen-bond acceptors (Lipinski definition) is 4. The number of guanidine groups is 1. The van der Waals surface area contributed by atoms with Crippen molar-refractivity contribution in [1.29, 1.82) is 0 Å². The summed E-state index contributed by atoms with van der Waals surface area (Å²) in [4.78, 5) is 18.8. The van der Waals surface area contributed by atoms with Gasteiger partial charge in [-0.3, -0.25) is 4.79 Å². The fourth-order valence-corrected chi connectivity index (χ4v) is 3.60. The minimum absolute atomic E-state index is 0. The number of carbonyl (C=O) groups is 1. The molecule has 0 bridgehead atoms. The summed E-state index contributed by atoms with van der Waals surface area (Å²) in [6.07, 6.45) is 2.13. The largest absolute Gasteiger partial charge is 0.363 e. The van der Waals surface area contributed by atoms with E-state index in [1.54, 1.807) is 11.3 Å². The summed E-state index contributed by atoms with van der Waals surface area (Å²) in [5, 5.41) is 13.1. The van der Waals surface area contributed by atoms with Gasteiger partial charge < -0.3 is 20.9 Å². The van der Waals surface area contributed by atoms with Crippen LogP contribution < -0.4 is 20.9 Å². The molecule has 148 valence electrons. The molecule has 1 amide bonds. The molecule has 1 aliphatic heterocycles. The zero-order valence-electron chi connectivity index (χ0n) is 16.2. The van der Waals surface area contributed by atoms with Crippen LogP contribution in [0.25, 0.3) is 0 Å². The molecule has 1 fully saturated rings. The molecule has 1 aromatic rings. The van der Waals surface area contributed by atoms with E-state index in [-0.39, 0.29) is 42.0 Å². The van der Waals surface area contributed by atoms with E-state index in [0.29, 0.717) is 6.04 Å². The Kier molecular flexibility index (Phi) is 9.70. The maximum Gasteiger partial charge on any atom is 0.242 e. The third-order valence-electron chi connectivity index (χ3n) is 3.89. The summed E-state index contributed by atoms with van der Waals surface area (Å²) < 4.78 is 0. The zero-order valence-corrected chi connectivity index (χ0v) is 19.3. The number of anilines is 1. The van der Waals surface area contributed by atoms with E-state index in [4.69, 9.17) is 0 Å². The molecule has 1 aromatic heterocycles. The van der Waals surface area contributed by atoms with Gasteiger partial charge in [0.05, 0.1) is 5.00 Å². The Morgan fingerprint density at radius 2 is 2.04 bits per heavy atom. The lowest BCUT2D eigenvalue weighted by atomic mass is 10.1. The maximum atomic E-state index is 12.0. The number of hydrogen-bond donors (Lipinski definition) is 3. The normalized spacial score (nSPS) is 16.0. The van der Waals surface area contributed by atoms with E-state index in [1.165, 1.54) is 5.00 Å². The van der Waals surface area contributed by atoms with Crippen molar-refractivity contribution in [2.24, 2.45) is 4.99 Å². The first-order valence-electron chi connectivity index (χ1n) is 9.01. The van der Waals surface area contributed by atoms with Gasteiger partial charge in [-0.25, -0.2) is 4.99 Å². The van der Waals surface area contributed by atoms with E-state index in [1.807, 2.05) is 27.7 Å². The lowest BCUT2D eigenvalue weighted by Gasteiger charge is -2.33. The topological polar surface area (TPSA) is 68.8 Å². The minimum atomic E-state index is -0.229. The van der Waals surface area contributed by atoms with Crippen LogP contribution in [0.5, 0.6) is 0 Å². The van der Waals surface area contributed by atoms with Crippen LogP contribution in [-0.4, -0.2) is 49.6 Å². The third-order valence-corrected chi connectivity index (χ3v) is 4.82. The van der Waals surface area contributed by atoms with Gasteiger partial charge in [-0.15, -0.1) is 35.3 Å². The third kappa shape index (κ3) is 8.11. The number of nitrogens with zero attached hydrogens (tertiary/aromatic N) is 2. The van der Waals surface area contributed by atoms with Crippen molar-refractivity contribution in [3.05, 3.63) is 17.5 Å². The van der Waals surface area contributed by atoms with Crippen molar-refractivity contribution >= 4 is 52.2 Å². The quantitative estimate of drug-likeness (QED) is 0.335. The second-order valence-corrected chi connectivity index (χ2v) is 8.28. The van der Waals surface area contributed by atoms with Gasteiger partial charge >= 0.3 is 0 Å². The zero-order chi connectivity index (χ0) is 18.3. The highest BCUT2D eigenvalue weighted by Crippen LogP contribution is 2.24. The first-order chi connectivity index (χ1) is 11.9. The van der Waals surface area contributed by atoms with Gasteiger partial charge in [0.2, 0.25) is 5.91 Å². The molecule has 2 rings (SSSR count). The average Bonchev–Trinajstić information content (AvgIpc) is 3.06. The van der Waals surface area contributed by atoms with E-state index in [2.05, 4.69) is 43.4 Å². The predicted octanol–water partition coefficient (Wildman–Crippen LogP) is 2.80. The molecule has 0 unspecified atom stereocenters. The van der Waals surface area contributed by atoms with Crippen molar-refractivity contribution in [3.8, 4) is 0 Å². The Morgan fingerprint density at radius 1 is 1.35 bits per heavy atom. The summed E-state index contributed by atoms with van der Waals surface area (Å²) in [5.74, 6) is 0.665. The molecule has 3 N–H and O–H groups in total. The number of nitrogens with one attached hydrogen (secondary N) is 3. The van der Waals surface area contributed by atoms with E-state index in [0.717, 1.165) is 38.4 Å². The van der Waals surface area contributed by atoms with Gasteiger partial charge in [0.1, 0.15) is 6.54 Å². The molecule has 2 heterocycles. The summed E-state index contributed by atoms with van der Waals surface area (Å²) >= 11 is 1.79. The lowest BCUT2D eigenvalue weighted by molar-refractivity contribution is -0.121. The molecule has 0 saturated carbocycles. The van der Waals surface area contributed by atoms with Crippen LogP contribution in [-0.2, 0) is 4.79 Å². The van der Waals surface area contributed by atoms with Gasteiger partial charge in [-0.2, -0.15) is 0 Å². The second kappa shape index (κ2) is 11.0. The van der Waals surface area contributed by atoms with Crippen LogP contribution in [0, 0.1) is 0 Å². The Labute approximate surface area is 178 Å². The first kappa shape index (κ1) is 23.0. The molecule has 1 aliphatic rings. The van der Waals surface area contributed by atoms with Gasteiger partial charge in [-0.05, 0) is 58.0 Å². The summed E-state index contributed by atoms with van der Waals surface area (Å²) in [6, 6.07) is 4.67. The first-order valence-corrected chi connectivity index (χ1v) is 9.89. The number of aliphatic imine (C=N–C) groups is 1. The van der Waals surface area contributed by atoms with Crippen LogP contribution in [0.2, 0.25) is 0 Å². The van der Waals surface area contributed by atoms with Gasteiger partial charge in [0, 0.05) is 31.2 Å². The molecule has 0 spiro atoms.